The van der Waals surface area contributed by atoms with Gasteiger partial charge in [0.15, 0.2) is 5.96 Å². The number of hydrogen-bond acceptors (Lipinski definition) is 3. The lowest BCUT2D eigenvalue weighted by Crippen LogP contribution is -2.40. The molecule has 0 radical (unpaired) electrons. The summed E-state index contributed by atoms with van der Waals surface area (Å²) in [7, 11) is 1.80. The van der Waals surface area contributed by atoms with Crippen LogP contribution in [0.25, 0.3) is 0 Å². The standard InChI is InChI=1S/C15H26N4O.HI/c1-9-11(10(2)20-19-9)8-17-13(16-7)18-12-14(3,4)15(12,5)6;/h12H,8H2,1-7H3,(H2,16,17,18);1H. The second kappa shape index (κ2) is 6.14. The molecule has 1 heterocycles. The maximum atomic E-state index is 5.17. The molecular formula is C15H27IN4O. The zero-order chi connectivity index (χ0) is 15.1. The Hall–Kier alpha value is -0.790. The summed E-state index contributed by atoms with van der Waals surface area (Å²) in [5, 5.41) is 10.8. The molecule has 5 nitrogen and oxygen atoms in total. The first-order chi connectivity index (χ1) is 9.21. The average Bonchev–Trinajstić information content (AvgIpc) is 2.62. The first-order valence-electron chi connectivity index (χ1n) is 7.10. The lowest BCUT2D eigenvalue weighted by Gasteiger charge is -2.13. The van der Waals surface area contributed by atoms with E-state index in [1.807, 2.05) is 13.8 Å². The third kappa shape index (κ3) is 3.19. The SMILES string of the molecule is CN=C(NCc1c(C)noc1C)NC1C(C)(C)C1(C)C.I. The maximum absolute atomic E-state index is 5.17. The summed E-state index contributed by atoms with van der Waals surface area (Å²) in [6.45, 7) is 13.7. The molecule has 2 rings (SSSR count). The zero-order valence-electron chi connectivity index (χ0n) is 14.0. The molecule has 0 unspecified atom stereocenters. The van der Waals surface area contributed by atoms with Crippen molar-refractivity contribution in [3.05, 3.63) is 17.0 Å². The average molecular weight is 406 g/mol. The molecule has 0 aromatic carbocycles. The largest absolute Gasteiger partial charge is 0.361 e. The molecule has 21 heavy (non-hydrogen) atoms. The van der Waals surface area contributed by atoms with E-state index in [0.717, 1.165) is 23.0 Å². The van der Waals surface area contributed by atoms with Crippen molar-refractivity contribution in [2.24, 2.45) is 15.8 Å². The third-order valence-corrected chi connectivity index (χ3v) is 5.14. The van der Waals surface area contributed by atoms with Crippen LogP contribution >= 0.6 is 24.0 Å². The van der Waals surface area contributed by atoms with E-state index in [-0.39, 0.29) is 34.8 Å². The van der Waals surface area contributed by atoms with Gasteiger partial charge in [-0.2, -0.15) is 0 Å². The summed E-state index contributed by atoms with van der Waals surface area (Å²) in [6, 6.07) is 0.436. The number of aryl methyl sites for hydroxylation is 2. The zero-order valence-corrected chi connectivity index (χ0v) is 16.3. The minimum absolute atomic E-state index is 0. The van der Waals surface area contributed by atoms with E-state index in [0.29, 0.717) is 12.6 Å². The number of nitrogens with zero attached hydrogens (tertiary/aromatic N) is 2. The van der Waals surface area contributed by atoms with Crippen molar-refractivity contribution in [3.63, 3.8) is 0 Å². The number of rotatable bonds is 3. The van der Waals surface area contributed by atoms with Crippen LogP contribution in [0.4, 0.5) is 0 Å². The highest BCUT2D eigenvalue weighted by atomic mass is 127. The fourth-order valence-electron chi connectivity index (χ4n) is 2.81. The Labute approximate surface area is 144 Å². The van der Waals surface area contributed by atoms with Crippen LogP contribution in [0.3, 0.4) is 0 Å². The summed E-state index contributed by atoms with van der Waals surface area (Å²) in [5.41, 5.74) is 2.60. The van der Waals surface area contributed by atoms with Crippen molar-refractivity contribution in [2.75, 3.05) is 7.05 Å². The van der Waals surface area contributed by atoms with E-state index in [1.165, 1.54) is 0 Å². The lowest BCUT2D eigenvalue weighted by atomic mass is 10.0. The quantitative estimate of drug-likeness (QED) is 0.460. The van der Waals surface area contributed by atoms with Crippen molar-refractivity contribution < 1.29 is 4.52 Å². The van der Waals surface area contributed by atoms with Gasteiger partial charge in [-0.1, -0.05) is 32.9 Å². The summed E-state index contributed by atoms with van der Waals surface area (Å²) < 4.78 is 5.17. The maximum Gasteiger partial charge on any atom is 0.191 e. The molecule has 6 heteroatoms. The van der Waals surface area contributed by atoms with Gasteiger partial charge in [0, 0.05) is 25.2 Å². The van der Waals surface area contributed by atoms with Crippen LogP contribution in [0.5, 0.6) is 0 Å². The van der Waals surface area contributed by atoms with Gasteiger partial charge in [-0.3, -0.25) is 4.99 Å². The van der Waals surface area contributed by atoms with Crippen molar-refractivity contribution in [1.82, 2.24) is 15.8 Å². The van der Waals surface area contributed by atoms with Crippen molar-refractivity contribution >= 4 is 29.9 Å². The van der Waals surface area contributed by atoms with Crippen LogP contribution in [-0.4, -0.2) is 24.2 Å². The minimum atomic E-state index is 0. The Balaban J connectivity index is 0.00000220. The van der Waals surface area contributed by atoms with Gasteiger partial charge in [0.1, 0.15) is 5.76 Å². The Kier molecular flexibility index (Phi) is 5.34. The van der Waals surface area contributed by atoms with Gasteiger partial charge < -0.3 is 15.2 Å². The van der Waals surface area contributed by atoms with Gasteiger partial charge in [-0.25, -0.2) is 0 Å². The van der Waals surface area contributed by atoms with Crippen LogP contribution in [0.2, 0.25) is 0 Å². The highest BCUT2D eigenvalue weighted by molar-refractivity contribution is 14.0. The monoisotopic (exact) mass is 406 g/mol. The van der Waals surface area contributed by atoms with Crippen LogP contribution in [-0.2, 0) is 6.54 Å². The number of nitrogens with one attached hydrogen (secondary N) is 2. The molecule has 0 amide bonds. The molecule has 0 atom stereocenters. The Morgan fingerprint density at radius 3 is 2.19 bits per heavy atom. The molecule has 2 N–H and O–H groups in total. The predicted molar refractivity (Wildman–Crippen MR) is 96.1 cm³/mol. The highest BCUT2D eigenvalue weighted by Gasteiger charge is 2.65. The molecule has 120 valence electrons. The van der Waals surface area contributed by atoms with E-state index in [2.05, 4.69) is 48.5 Å². The molecule has 1 saturated carbocycles. The topological polar surface area (TPSA) is 62.5 Å². The summed E-state index contributed by atoms with van der Waals surface area (Å²) >= 11 is 0. The number of halogens is 1. The molecule has 1 aromatic rings. The molecule has 0 bridgehead atoms. The normalized spacial score (nSPS) is 19.9. The fourth-order valence-corrected chi connectivity index (χ4v) is 2.81. The first-order valence-corrected chi connectivity index (χ1v) is 7.10. The second-order valence-electron chi connectivity index (χ2n) is 6.75. The number of guanidine groups is 1. The molecule has 1 aromatic heterocycles. The predicted octanol–water partition coefficient (Wildman–Crippen LogP) is 3.01. The number of aliphatic imine (C=N–C) groups is 1. The molecular weight excluding hydrogens is 379 g/mol. The van der Waals surface area contributed by atoms with E-state index < -0.39 is 0 Å². The molecule has 0 aliphatic heterocycles. The molecule has 0 saturated heterocycles. The molecule has 1 aliphatic rings. The second-order valence-corrected chi connectivity index (χ2v) is 6.75. The van der Waals surface area contributed by atoms with E-state index in [1.54, 1.807) is 7.05 Å². The van der Waals surface area contributed by atoms with Crippen molar-refractivity contribution in [1.29, 1.82) is 0 Å². The van der Waals surface area contributed by atoms with E-state index in [9.17, 15) is 0 Å². The van der Waals surface area contributed by atoms with Crippen LogP contribution < -0.4 is 10.6 Å². The van der Waals surface area contributed by atoms with E-state index in [4.69, 9.17) is 4.52 Å². The smallest absolute Gasteiger partial charge is 0.191 e. The van der Waals surface area contributed by atoms with Crippen LogP contribution in [0.15, 0.2) is 9.52 Å². The van der Waals surface area contributed by atoms with Gasteiger partial charge in [-0.15, -0.1) is 24.0 Å². The third-order valence-electron chi connectivity index (χ3n) is 5.14. The number of hydrogen-bond donors (Lipinski definition) is 2. The Morgan fingerprint density at radius 2 is 1.81 bits per heavy atom. The number of aromatic nitrogens is 1. The summed E-state index contributed by atoms with van der Waals surface area (Å²) in [5.74, 6) is 1.69. The minimum Gasteiger partial charge on any atom is -0.361 e. The fraction of sp³-hybridized carbons (Fsp3) is 0.733. The van der Waals surface area contributed by atoms with Crippen molar-refractivity contribution in [3.8, 4) is 0 Å². The summed E-state index contributed by atoms with van der Waals surface area (Å²) in [4.78, 5) is 4.30. The Bertz CT molecular complexity index is 500. The lowest BCUT2D eigenvalue weighted by molar-refractivity contribution is 0.392. The highest BCUT2D eigenvalue weighted by Crippen LogP contribution is 2.62. The van der Waals surface area contributed by atoms with Gasteiger partial charge in [0.05, 0.1) is 5.69 Å². The van der Waals surface area contributed by atoms with Gasteiger partial charge >= 0.3 is 0 Å². The first kappa shape index (κ1) is 18.3. The van der Waals surface area contributed by atoms with Gasteiger partial charge in [-0.05, 0) is 24.7 Å². The Morgan fingerprint density at radius 1 is 1.24 bits per heavy atom. The molecule has 1 aliphatic carbocycles. The van der Waals surface area contributed by atoms with Crippen LogP contribution in [0.1, 0.15) is 44.7 Å². The van der Waals surface area contributed by atoms with Crippen LogP contribution in [0, 0.1) is 24.7 Å². The molecule has 0 spiro atoms. The van der Waals surface area contributed by atoms with Gasteiger partial charge in [0.25, 0.3) is 0 Å². The van der Waals surface area contributed by atoms with E-state index >= 15 is 0 Å². The van der Waals surface area contributed by atoms with Crippen molar-refractivity contribution in [2.45, 2.75) is 54.1 Å². The summed E-state index contributed by atoms with van der Waals surface area (Å²) in [6.07, 6.45) is 0. The molecule has 1 fully saturated rings. The van der Waals surface area contributed by atoms with Gasteiger partial charge in [0.2, 0.25) is 0 Å².